The van der Waals surface area contributed by atoms with Crippen molar-refractivity contribution in [3.05, 3.63) is 41.3 Å². The van der Waals surface area contributed by atoms with Gasteiger partial charge in [0, 0.05) is 17.4 Å². The largest absolute Gasteiger partial charge is 0.340 e. The molecule has 1 heterocycles. The zero-order chi connectivity index (χ0) is 13.8. The molecule has 0 spiro atoms. The number of rotatable bonds is 3. The number of hydrogen-bond donors (Lipinski definition) is 3. The Morgan fingerprint density at radius 2 is 2.21 bits per heavy atom. The van der Waals surface area contributed by atoms with Crippen molar-refractivity contribution in [3.63, 3.8) is 0 Å². The van der Waals surface area contributed by atoms with Gasteiger partial charge in [-0.15, -0.1) is 0 Å². The Kier molecular flexibility index (Phi) is 3.54. The maximum absolute atomic E-state index is 13.2. The van der Waals surface area contributed by atoms with Crippen molar-refractivity contribution in [2.24, 2.45) is 5.84 Å². The van der Waals surface area contributed by atoms with Gasteiger partial charge in [0.1, 0.15) is 17.7 Å². The molecule has 2 aromatic rings. The molecule has 0 saturated carbocycles. The van der Waals surface area contributed by atoms with E-state index in [1.807, 2.05) is 6.92 Å². The van der Waals surface area contributed by atoms with Gasteiger partial charge >= 0.3 is 0 Å². The van der Waals surface area contributed by atoms with Crippen LogP contribution in [0.2, 0.25) is 0 Å². The van der Waals surface area contributed by atoms with E-state index in [-0.39, 0.29) is 11.5 Å². The predicted octanol–water partition coefficient (Wildman–Crippen LogP) is 1.82. The summed E-state index contributed by atoms with van der Waals surface area (Å²) in [5.41, 5.74) is 3.66. The van der Waals surface area contributed by atoms with Gasteiger partial charge in [-0.1, -0.05) is 0 Å². The van der Waals surface area contributed by atoms with Crippen LogP contribution in [0.5, 0.6) is 0 Å². The van der Waals surface area contributed by atoms with E-state index in [2.05, 4.69) is 20.7 Å². The van der Waals surface area contributed by atoms with Gasteiger partial charge in [-0.05, 0) is 25.1 Å². The summed E-state index contributed by atoms with van der Waals surface area (Å²) in [5.74, 6) is 5.46. The smallest absolute Gasteiger partial charge is 0.239 e. The molecule has 0 aliphatic rings. The number of benzene rings is 1. The van der Waals surface area contributed by atoms with E-state index in [1.165, 1.54) is 18.2 Å². The number of hydrazine groups is 1. The van der Waals surface area contributed by atoms with Crippen molar-refractivity contribution < 1.29 is 4.39 Å². The summed E-state index contributed by atoms with van der Waals surface area (Å²) in [4.78, 5) is 8.08. The number of nitrogen functional groups attached to an aromatic ring is 1. The first-order valence-corrected chi connectivity index (χ1v) is 5.41. The quantitative estimate of drug-likeness (QED) is 0.573. The molecule has 6 nitrogen and oxygen atoms in total. The van der Waals surface area contributed by atoms with Gasteiger partial charge in [-0.3, -0.25) is 5.43 Å². The average molecular weight is 258 g/mol. The molecular weight excluding hydrogens is 247 g/mol. The minimum Gasteiger partial charge on any atom is -0.340 e. The minimum absolute atomic E-state index is 0.0334. The molecule has 1 aromatic heterocycles. The van der Waals surface area contributed by atoms with Crippen LogP contribution in [0.15, 0.2) is 24.4 Å². The summed E-state index contributed by atoms with van der Waals surface area (Å²) in [6, 6.07) is 5.93. The molecule has 0 aliphatic carbocycles. The molecular formula is C12H11FN6. The fraction of sp³-hybridized carbons (Fsp3) is 0.0833. The molecule has 19 heavy (non-hydrogen) atoms. The summed E-state index contributed by atoms with van der Waals surface area (Å²) in [6.45, 7) is 1.82. The standard InChI is InChI=1S/C12H11FN6/c1-7-6-16-12(19-15)18-11(7)17-9-2-3-10(13)8(4-9)5-14/h2-4,6H,15H2,1H3,(H2,16,17,18,19). The highest BCUT2D eigenvalue weighted by atomic mass is 19.1. The number of hydrogen-bond acceptors (Lipinski definition) is 6. The van der Waals surface area contributed by atoms with Gasteiger partial charge in [-0.25, -0.2) is 15.2 Å². The van der Waals surface area contributed by atoms with Crippen LogP contribution in [0, 0.1) is 24.1 Å². The number of anilines is 3. The van der Waals surface area contributed by atoms with Crippen molar-refractivity contribution in [1.82, 2.24) is 9.97 Å². The number of nitrogens with two attached hydrogens (primary N) is 1. The molecule has 0 radical (unpaired) electrons. The fourth-order valence-electron chi connectivity index (χ4n) is 1.46. The van der Waals surface area contributed by atoms with Crippen LogP contribution in [0.25, 0.3) is 0 Å². The molecule has 96 valence electrons. The Bertz CT molecular complexity index is 649. The van der Waals surface area contributed by atoms with E-state index in [1.54, 1.807) is 12.3 Å². The van der Waals surface area contributed by atoms with Crippen LogP contribution in [0.3, 0.4) is 0 Å². The van der Waals surface area contributed by atoms with Crippen molar-refractivity contribution in [2.45, 2.75) is 6.92 Å². The number of nitriles is 1. The molecule has 0 saturated heterocycles. The summed E-state index contributed by atoms with van der Waals surface area (Å²) < 4.78 is 13.2. The van der Waals surface area contributed by atoms with Crippen LogP contribution in [-0.4, -0.2) is 9.97 Å². The van der Waals surface area contributed by atoms with Gasteiger partial charge in [-0.2, -0.15) is 10.2 Å². The van der Waals surface area contributed by atoms with Crippen LogP contribution in [0.4, 0.5) is 21.8 Å². The average Bonchev–Trinajstić information content (AvgIpc) is 2.43. The van der Waals surface area contributed by atoms with Gasteiger partial charge < -0.3 is 5.32 Å². The second kappa shape index (κ2) is 5.29. The van der Waals surface area contributed by atoms with E-state index in [4.69, 9.17) is 11.1 Å². The van der Waals surface area contributed by atoms with Gasteiger partial charge in [0.25, 0.3) is 0 Å². The highest BCUT2D eigenvalue weighted by Crippen LogP contribution is 2.20. The number of nitrogens with one attached hydrogen (secondary N) is 2. The van der Waals surface area contributed by atoms with Crippen molar-refractivity contribution >= 4 is 17.5 Å². The number of aryl methyl sites for hydroxylation is 1. The van der Waals surface area contributed by atoms with Crippen LogP contribution in [0.1, 0.15) is 11.1 Å². The van der Waals surface area contributed by atoms with Crippen molar-refractivity contribution in [1.29, 1.82) is 5.26 Å². The van der Waals surface area contributed by atoms with E-state index in [0.29, 0.717) is 11.5 Å². The van der Waals surface area contributed by atoms with Crippen LogP contribution < -0.4 is 16.6 Å². The second-order valence-electron chi connectivity index (χ2n) is 3.80. The molecule has 4 N–H and O–H groups in total. The van der Waals surface area contributed by atoms with Crippen LogP contribution in [-0.2, 0) is 0 Å². The maximum Gasteiger partial charge on any atom is 0.239 e. The van der Waals surface area contributed by atoms with Crippen molar-refractivity contribution in [3.8, 4) is 6.07 Å². The highest BCUT2D eigenvalue weighted by molar-refractivity contribution is 5.61. The lowest BCUT2D eigenvalue weighted by Gasteiger charge is -2.09. The van der Waals surface area contributed by atoms with E-state index >= 15 is 0 Å². The SMILES string of the molecule is Cc1cnc(NN)nc1Nc1ccc(F)c(C#N)c1. The van der Waals surface area contributed by atoms with E-state index < -0.39 is 5.82 Å². The molecule has 0 unspecified atom stereocenters. The lowest BCUT2D eigenvalue weighted by Crippen LogP contribution is -2.11. The van der Waals surface area contributed by atoms with Gasteiger partial charge in [0.05, 0.1) is 5.56 Å². The molecule has 0 fully saturated rings. The van der Waals surface area contributed by atoms with Crippen molar-refractivity contribution in [2.75, 3.05) is 10.7 Å². The van der Waals surface area contributed by atoms with E-state index in [0.717, 1.165) is 5.56 Å². The zero-order valence-corrected chi connectivity index (χ0v) is 10.1. The summed E-state index contributed by atoms with van der Waals surface area (Å²) >= 11 is 0. The fourth-order valence-corrected chi connectivity index (χ4v) is 1.46. The topological polar surface area (TPSA) is 99.7 Å². The Morgan fingerprint density at radius 3 is 2.89 bits per heavy atom. The lowest BCUT2D eigenvalue weighted by atomic mass is 10.2. The van der Waals surface area contributed by atoms with Gasteiger partial charge in [0.2, 0.25) is 5.95 Å². The molecule has 0 atom stereocenters. The molecule has 0 aliphatic heterocycles. The first kappa shape index (κ1) is 12.7. The molecule has 1 aromatic carbocycles. The Balaban J connectivity index is 2.33. The van der Waals surface area contributed by atoms with E-state index in [9.17, 15) is 4.39 Å². The molecule has 7 heteroatoms. The number of nitrogens with zero attached hydrogens (tertiary/aromatic N) is 3. The predicted molar refractivity (Wildman–Crippen MR) is 69.0 cm³/mol. The van der Waals surface area contributed by atoms with Gasteiger partial charge in [0.15, 0.2) is 0 Å². The molecule has 0 amide bonds. The Labute approximate surface area is 109 Å². The minimum atomic E-state index is -0.559. The monoisotopic (exact) mass is 258 g/mol. The molecule has 2 rings (SSSR count). The highest BCUT2D eigenvalue weighted by Gasteiger charge is 2.06. The van der Waals surface area contributed by atoms with Crippen LogP contribution >= 0.6 is 0 Å². The summed E-state index contributed by atoms with van der Waals surface area (Å²) in [7, 11) is 0. The Morgan fingerprint density at radius 1 is 1.42 bits per heavy atom. The molecule has 0 bridgehead atoms. The third-order valence-electron chi connectivity index (χ3n) is 2.45. The lowest BCUT2D eigenvalue weighted by molar-refractivity contribution is 0.624. The zero-order valence-electron chi connectivity index (χ0n) is 10.1. The maximum atomic E-state index is 13.2. The number of aromatic nitrogens is 2. The normalized spacial score (nSPS) is 9.79. The summed E-state index contributed by atoms with van der Waals surface area (Å²) in [6.07, 6.45) is 1.60. The summed E-state index contributed by atoms with van der Waals surface area (Å²) in [5, 5.41) is 11.8. The second-order valence-corrected chi connectivity index (χ2v) is 3.80. The number of halogens is 1. The third-order valence-corrected chi connectivity index (χ3v) is 2.45. The third kappa shape index (κ3) is 2.75. The Hall–Kier alpha value is -2.72. The first-order valence-electron chi connectivity index (χ1n) is 5.41. The first-order chi connectivity index (χ1) is 9.13.